The minimum Gasteiger partial charge on any atom is -0.481 e. The number of rotatable bonds is 8. The van der Waals surface area contributed by atoms with Crippen molar-refractivity contribution >= 4 is 30.5 Å². The highest BCUT2D eigenvalue weighted by Crippen LogP contribution is 2.24. The van der Waals surface area contributed by atoms with E-state index >= 15 is 0 Å². The second kappa shape index (κ2) is 9.29. The van der Waals surface area contributed by atoms with E-state index in [1.807, 2.05) is 6.07 Å². The van der Waals surface area contributed by atoms with E-state index in [1.54, 1.807) is 31.2 Å². The van der Waals surface area contributed by atoms with Gasteiger partial charge in [0.15, 0.2) is 0 Å². The molecule has 0 radical (unpaired) electrons. The summed E-state index contributed by atoms with van der Waals surface area (Å²) in [5.41, 5.74) is 6.50. The first-order valence-electron chi connectivity index (χ1n) is 7.36. The van der Waals surface area contributed by atoms with Gasteiger partial charge in [-0.05, 0) is 12.5 Å². The molecule has 24 heavy (non-hydrogen) atoms. The van der Waals surface area contributed by atoms with Gasteiger partial charge < -0.3 is 20.5 Å². The molecule has 7 nitrogen and oxygen atoms in total. The molecule has 0 saturated heterocycles. The first kappa shape index (κ1) is 20.0. The first-order chi connectivity index (χ1) is 11.3. The zero-order valence-corrected chi connectivity index (χ0v) is 14.5. The number of ether oxygens (including phenoxy) is 1. The number of esters is 1. The maximum atomic E-state index is 12.7. The van der Waals surface area contributed by atoms with Gasteiger partial charge in [-0.15, -0.1) is 0 Å². The number of aliphatic carboxylic acids is 1. The molecule has 1 rings (SSSR count). The van der Waals surface area contributed by atoms with E-state index in [9.17, 15) is 14.4 Å². The third-order valence-electron chi connectivity index (χ3n) is 3.65. The van der Waals surface area contributed by atoms with Crippen LogP contribution in [0.25, 0.3) is 0 Å². The number of carbonyl (C=O) groups is 3. The van der Waals surface area contributed by atoms with Crippen LogP contribution in [-0.2, 0) is 19.1 Å². The molecule has 0 aliphatic carbocycles. The topological polar surface area (TPSA) is 110 Å². The van der Waals surface area contributed by atoms with E-state index in [0.29, 0.717) is 0 Å². The van der Waals surface area contributed by atoms with Crippen molar-refractivity contribution in [3.8, 4) is 0 Å². The Morgan fingerprint density at radius 1 is 1.29 bits per heavy atom. The largest absolute Gasteiger partial charge is 0.481 e. The predicted molar refractivity (Wildman–Crippen MR) is 91.6 cm³/mol. The van der Waals surface area contributed by atoms with Gasteiger partial charge in [0, 0.05) is 5.75 Å². The molecule has 3 N–H and O–H groups in total. The maximum absolute atomic E-state index is 12.7. The Hall–Kier alpha value is -2.06. The molecule has 0 aromatic heterocycles. The van der Waals surface area contributed by atoms with Crippen LogP contribution in [0.4, 0.5) is 0 Å². The van der Waals surface area contributed by atoms with Crippen molar-refractivity contribution < 1.29 is 24.2 Å². The van der Waals surface area contributed by atoms with Crippen molar-refractivity contribution in [1.82, 2.24) is 4.90 Å². The van der Waals surface area contributed by atoms with Crippen molar-refractivity contribution in [2.24, 2.45) is 5.73 Å². The Kier molecular flexibility index (Phi) is 7.73. The van der Waals surface area contributed by atoms with E-state index < -0.39 is 42.4 Å². The van der Waals surface area contributed by atoms with E-state index in [1.165, 1.54) is 12.0 Å². The average molecular weight is 354 g/mol. The van der Waals surface area contributed by atoms with E-state index in [-0.39, 0.29) is 5.75 Å². The number of carboxylic acid groups (broad SMARTS) is 1. The Morgan fingerprint density at radius 2 is 1.88 bits per heavy atom. The van der Waals surface area contributed by atoms with Crippen LogP contribution in [0.5, 0.6) is 0 Å². The lowest BCUT2D eigenvalue weighted by molar-refractivity contribution is -0.155. The van der Waals surface area contributed by atoms with Crippen molar-refractivity contribution in [3.63, 3.8) is 0 Å². The number of nitrogens with zero attached hydrogens (tertiary/aromatic N) is 1. The average Bonchev–Trinajstić information content (AvgIpc) is 2.57. The molecule has 0 aliphatic rings. The van der Waals surface area contributed by atoms with E-state index in [4.69, 9.17) is 15.6 Å². The fourth-order valence-corrected chi connectivity index (χ4v) is 2.71. The van der Waals surface area contributed by atoms with Crippen molar-refractivity contribution in [2.45, 2.75) is 31.5 Å². The Bertz CT molecular complexity index is 581. The predicted octanol–water partition coefficient (Wildman–Crippen LogP) is 0.850. The zero-order valence-electron chi connectivity index (χ0n) is 13.6. The van der Waals surface area contributed by atoms with Crippen LogP contribution < -0.4 is 5.73 Å². The van der Waals surface area contributed by atoms with Gasteiger partial charge in [-0.2, -0.15) is 12.6 Å². The molecule has 1 amide bonds. The summed E-state index contributed by atoms with van der Waals surface area (Å²) in [6.07, 6.45) is -0.530. The quantitative estimate of drug-likeness (QED) is 0.472. The number of methoxy groups -OCH3 is 1. The van der Waals surface area contributed by atoms with E-state index in [2.05, 4.69) is 12.6 Å². The van der Waals surface area contributed by atoms with Crippen LogP contribution in [0.3, 0.4) is 0 Å². The fraction of sp³-hybridized carbons (Fsp3) is 0.438. The Morgan fingerprint density at radius 3 is 2.33 bits per heavy atom. The molecular formula is C16H22N2O5S. The normalized spacial score (nSPS) is 14.3. The van der Waals surface area contributed by atoms with E-state index in [0.717, 1.165) is 5.56 Å². The maximum Gasteiger partial charge on any atom is 0.329 e. The number of carbonyl (C=O) groups excluding carboxylic acids is 2. The summed E-state index contributed by atoms with van der Waals surface area (Å²) in [7, 11) is 1.21. The van der Waals surface area contributed by atoms with Gasteiger partial charge in [0.25, 0.3) is 0 Å². The standard InChI is InChI=1S/C16H22N2O5S/c1-10(11-6-4-3-5-7-11)18(13(9-24)16(22)23-2)15(21)12(17)8-14(19)20/h3-7,10,12-13,24H,8-9,17H2,1-2H3,(H,19,20)/t10-,12-,13-/m0/s1. The molecule has 0 aliphatic heterocycles. The molecule has 0 spiro atoms. The molecule has 3 atom stereocenters. The zero-order chi connectivity index (χ0) is 18.3. The lowest BCUT2D eigenvalue weighted by atomic mass is 10.0. The lowest BCUT2D eigenvalue weighted by Crippen LogP contribution is -2.54. The van der Waals surface area contributed by atoms with Crippen LogP contribution in [0, 0.1) is 0 Å². The van der Waals surface area contributed by atoms with Crippen molar-refractivity contribution in [2.75, 3.05) is 12.9 Å². The number of thiol groups is 1. The number of hydrogen-bond acceptors (Lipinski definition) is 6. The molecule has 0 saturated carbocycles. The number of hydrogen-bond donors (Lipinski definition) is 3. The van der Waals surface area contributed by atoms with Crippen LogP contribution in [-0.4, -0.2) is 52.8 Å². The molecule has 8 heteroatoms. The summed E-state index contributed by atoms with van der Waals surface area (Å²) in [6.45, 7) is 1.74. The third kappa shape index (κ3) is 4.97. The lowest BCUT2D eigenvalue weighted by Gasteiger charge is -2.36. The molecular weight excluding hydrogens is 332 g/mol. The second-order valence-corrected chi connectivity index (χ2v) is 5.62. The minimum absolute atomic E-state index is 0.0232. The number of nitrogens with two attached hydrogens (primary N) is 1. The first-order valence-corrected chi connectivity index (χ1v) is 7.99. The van der Waals surface area contributed by atoms with Crippen molar-refractivity contribution in [1.29, 1.82) is 0 Å². The van der Waals surface area contributed by atoms with Crippen LogP contribution in [0.2, 0.25) is 0 Å². The van der Waals surface area contributed by atoms with Crippen LogP contribution >= 0.6 is 12.6 Å². The summed E-state index contributed by atoms with van der Waals surface area (Å²) in [6, 6.07) is 6.31. The van der Waals surface area contributed by atoms with Crippen molar-refractivity contribution in [3.05, 3.63) is 35.9 Å². The second-order valence-electron chi connectivity index (χ2n) is 5.26. The van der Waals surface area contributed by atoms with Crippen LogP contribution in [0.1, 0.15) is 24.9 Å². The van der Waals surface area contributed by atoms with Gasteiger partial charge in [0.2, 0.25) is 5.91 Å². The smallest absolute Gasteiger partial charge is 0.329 e. The Labute approximate surface area is 146 Å². The summed E-state index contributed by atoms with van der Waals surface area (Å²) < 4.78 is 4.74. The number of carboxylic acids is 1. The molecule has 132 valence electrons. The molecule has 0 fully saturated rings. The van der Waals surface area contributed by atoms with Crippen LogP contribution in [0.15, 0.2) is 30.3 Å². The van der Waals surface area contributed by atoms with Gasteiger partial charge in [-0.25, -0.2) is 4.79 Å². The summed E-state index contributed by atoms with van der Waals surface area (Å²) >= 11 is 4.14. The molecule has 1 aromatic rings. The van der Waals surface area contributed by atoms with Gasteiger partial charge in [-0.3, -0.25) is 9.59 Å². The third-order valence-corrected chi connectivity index (χ3v) is 3.99. The highest BCUT2D eigenvalue weighted by atomic mass is 32.1. The molecule has 0 bridgehead atoms. The monoisotopic (exact) mass is 354 g/mol. The highest BCUT2D eigenvalue weighted by molar-refractivity contribution is 7.80. The van der Waals surface area contributed by atoms with Gasteiger partial charge in [-0.1, -0.05) is 30.3 Å². The molecule has 1 aromatic carbocycles. The Balaban J connectivity index is 3.22. The molecule has 0 unspecified atom stereocenters. The summed E-state index contributed by atoms with van der Waals surface area (Å²) in [5.74, 6) is -2.44. The van der Waals surface area contributed by atoms with Gasteiger partial charge >= 0.3 is 11.9 Å². The van der Waals surface area contributed by atoms with Gasteiger partial charge in [0.05, 0.1) is 25.6 Å². The minimum atomic E-state index is -1.26. The summed E-state index contributed by atoms with van der Waals surface area (Å²) in [4.78, 5) is 36.9. The number of amides is 1. The van der Waals surface area contributed by atoms with Gasteiger partial charge in [0.1, 0.15) is 6.04 Å². The fourth-order valence-electron chi connectivity index (χ4n) is 2.39. The SMILES string of the molecule is COC(=O)[C@H](CS)N(C(=O)[C@@H](N)CC(=O)O)[C@@H](C)c1ccccc1. The number of benzene rings is 1. The summed E-state index contributed by atoms with van der Waals surface area (Å²) in [5, 5.41) is 8.86. The molecule has 0 heterocycles. The highest BCUT2D eigenvalue weighted by Gasteiger charge is 2.36.